The van der Waals surface area contributed by atoms with Crippen LogP contribution in [0.15, 0.2) is 89.5 Å². The summed E-state index contributed by atoms with van der Waals surface area (Å²) in [6, 6.07) is 23.0. The molecule has 0 aliphatic heterocycles. The lowest BCUT2D eigenvalue weighted by Crippen LogP contribution is -1.93. The summed E-state index contributed by atoms with van der Waals surface area (Å²) >= 11 is 0. The number of hydrogen-bond donors (Lipinski definition) is 0. The van der Waals surface area contributed by atoms with Crippen molar-refractivity contribution in [3.05, 3.63) is 96.3 Å². The molecule has 5 rings (SSSR count). The van der Waals surface area contributed by atoms with Gasteiger partial charge in [-0.05, 0) is 48.6 Å². The zero-order valence-corrected chi connectivity index (χ0v) is 14.4. The fourth-order valence-electron chi connectivity index (χ4n) is 3.13. The number of benzene rings is 2. The Morgan fingerprint density at radius 1 is 0.778 bits per heavy atom. The number of pyridine rings is 2. The zero-order valence-electron chi connectivity index (χ0n) is 18.4. The second kappa shape index (κ2) is 6.69. The first-order chi connectivity index (χ1) is 14.9. The van der Waals surface area contributed by atoms with Crippen LogP contribution in [0.4, 0.5) is 0 Å². The van der Waals surface area contributed by atoms with Gasteiger partial charge in [-0.25, -0.2) is 4.98 Å². The topological polar surface area (TPSA) is 38.9 Å². The van der Waals surface area contributed by atoms with Crippen molar-refractivity contribution in [2.45, 2.75) is 12.7 Å². The molecule has 0 radical (unpaired) electrons. The van der Waals surface area contributed by atoms with Crippen molar-refractivity contribution < 1.29 is 9.90 Å². The molecule has 0 atom stereocenters. The van der Waals surface area contributed by atoms with Gasteiger partial charge in [0.15, 0.2) is 0 Å². The van der Waals surface area contributed by atoms with Crippen molar-refractivity contribution in [2.75, 3.05) is 0 Å². The first-order valence-electron chi connectivity index (χ1n) is 10.7. The predicted molar refractivity (Wildman–Crippen MR) is 109 cm³/mol. The number of nitrogens with zero attached hydrogens (tertiary/aromatic N) is 2. The molecule has 130 valence electrons. The van der Waals surface area contributed by atoms with E-state index in [0.29, 0.717) is 5.58 Å². The number of fused-ring (bicyclic) bond motifs is 3. The van der Waals surface area contributed by atoms with Gasteiger partial charge in [0.1, 0.15) is 5.58 Å². The second-order valence-electron chi connectivity index (χ2n) is 6.16. The molecule has 3 aromatic heterocycles. The lowest BCUT2D eigenvalue weighted by molar-refractivity contribution is 0.651. The van der Waals surface area contributed by atoms with Crippen LogP contribution < -0.4 is 0 Å². The van der Waals surface area contributed by atoms with Crippen LogP contribution in [0.2, 0.25) is 0 Å². The van der Waals surface area contributed by atoms with E-state index in [-0.39, 0.29) is 17.0 Å². The van der Waals surface area contributed by atoms with Crippen LogP contribution in [0.25, 0.3) is 33.3 Å². The fourth-order valence-corrected chi connectivity index (χ4v) is 3.13. The molecule has 0 spiro atoms. The smallest absolute Gasteiger partial charge is 0.227 e. The van der Waals surface area contributed by atoms with Crippen LogP contribution in [0, 0.1) is 0 Å². The quantitative estimate of drug-likeness (QED) is 0.408. The standard InChI is InChI=1S/C24H18N2O/c1-2-7-17(8-3-1)12-13-18-14-15-20-19-9-6-10-21(22-11-4-5-16-25-22)23(19)27-24(20)26-18/h1-11,14-16H,12-13H2/i12D2,13D2. The summed E-state index contributed by atoms with van der Waals surface area (Å²) in [5.74, 6) is 0. The van der Waals surface area contributed by atoms with Gasteiger partial charge in [0.05, 0.1) is 5.69 Å². The van der Waals surface area contributed by atoms with Crippen LogP contribution in [0.5, 0.6) is 0 Å². The monoisotopic (exact) mass is 354 g/mol. The van der Waals surface area contributed by atoms with Gasteiger partial charge >= 0.3 is 0 Å². The molecule has 3 heterocycles. The third-order valence-corrected chi connectivity index (χ3v) is 4.41. The highest BCUT2D eigenvalue weighted by molar-refractivity contribution is 6.08. The Bertz CT molecular complexity index is 1380. The summed E-state index contributed by atoms with van der Waals surface area (Å²) in [5.41, 5.74) is 2.70. The molecular formula is C24H18N2O. The van der Waals surface area contributed by atoms with E-state index in [2.05, 4.69) is 9.97 Å². The minimum Gasteiger partial charge on any atom is -0.437 e. The minimum absolute atomic E-state index is 0.0210. The second-order valence-corrected chi connectivity index (χ2v) is 6.16. The molecule has 27 heavy (non-hydrogen) atoms. The molecule has 3 nitrogen and oxygen atoms in total. The Hall–Kier alpha value is -3.46. The molecule has 0 saturated heterocycles. The van der Waals surface area contributed by atoms with Crippen LogP contribution in [-0.2, 0) is 12.7 Å². The maximum absolute atomic E-state index is 8.57. The molecule has 0 unspecified atom stereocenters. The van der Waals surface area contributed by atoms with E-state index in [1.807, 2.05) is 36.4 Å². The normalized spacial score (nSPS) is 14.5. The predicted octanol–water partition coefficient (Wildman–Crippen LogP) is 5.83. The number of aromatic nitrogens is 2. The van der Waals surface area contributed by atoms with Gasteiger partial charge in [-0.15, -0.1) is 0 Å². The first kappa shape index (κ1) is 12.0. The molecule has 0 aliphatic rings. The molecule has 0 N–H and O–H groups in total. The highest BCUT2D eigenvalue weighted by atomic mass is 16.3. The van der Waals surface area contributed by atoms with Crippen LogP contribution >= 0.6 is 0 Å². The van der Waals surface area contributed by atoms with Crippen molar-refractivity contribution in [3.63, 3.8) is 0 Å². The lowest BCUT2D eigenvalue weighted by atomic mass is 10.1. The molecule has 5 aromatic rings. The van der Waals surface area contributed by atoms with E-state index in [0.717, 1.165) is 22.0 Å². The summed E-state index contributed by atoms with van der Waals surface area (Å²) in [5, 5.41) is 1.59. The number of para-hydroxylation sites is 1. The third kappa shape index (κ3) is 2.97. The summed E-state index contributed by atoms with van der Waals surface area (Å²) in [7, 11) is 0. The van der Waals surface area contributed by atoms with Gasteiger partial charge in [-0.2, -0.15) is 0 Å². The van der Waals surface area contributed by atoms with Gasteiger partial charge < -0.3 is 4.42 Å². The molecule has 0 aliphatic carbocycles. The maximum Gasteiger partial charge on any atom is 0.227 e. The highest BCUT2D eigenvalue weighted by Gasteiger charge is 2.13. The molecule has 0 saturated carbocycles. The van der Waals surface area contributed by atoms with Gasteiger partial charge in [-0.1, -0.05) is 48.5 Å². The van der Waals surface area contributed by atoms with E-state index in [4.69, 9.17) is 9.90 Å². The Balaban J connectivity index is 1.66. The highest BCUT2D eigenvalue weighted by Crippen LogP contribution is 2.34. The SMILES string of the molecule is [2H]C([2H])(c1ccccc1)C([2H])([2H])c1ccc2c(n1)oc1c(-c3ccccn3)cccc12. The van der Waals surface area contributed by atoms with Gasteiger partial charge in [0.25, 0.3) is 0 Å². The third-order valence-electron chi connectivity index (χ3n) is 4.41. The van der Waals surface area contributed by atoms with E-state index in [1.165, 1.54) is 6.07 Å². The molecule has 3 heteroatoms. The maximum atomic E-state index is 8.57. The van der Waals surface area contributed by atoms with Crippen LogP contribution in [0.1, 0.15) is 16.7 Å². The Morgan fingerprint density at radius 2 is 1.67 bits per heavy atom. The van der Waals surface area contributed by atoms with Crippen molar-refractivity contribution in [3.8, 4) is 11.3 Å². The van der Waals surface area contributed by atoms with E-state index in [1.54, 1.807) is 42.6 Å². The molecule has 0 bridgehead atoms. The molecule has 0 amide bonds. The van der Waals surface area contributed by atoms with E-state index < -0.39 is 12.7 Å². The van der Waals surface area contributed by atoms with Crippen LogP contribution in [0.3, 0.4) is 0 Å². The average molecular weight is 354 g/mol. The first-order valence-corrected chi connectivity index (χ1v) is 8.69. The van der Waals surface area contributed by atoms with E-state index >= 15 is 0 Å². The summed E-state index contributed by atoms with van der Waals surface area (Å²) in [6.45, 7) is 0. The summed E-state index contributed by atoms with van der Waals surface area (Å²) in [6.07, 6.45) is -2.93. The Morgan fingerprint density at radius 3 is 2.52 bits per heavy atom. The average Bonchev–Trinajstić information content (AvgIpc) is 3.18. The zero-order chi connectivity index (χ0) is 21.6. The number of hydrogen-bond acceptors (Lipinski definition) is 3. The van der Waals surface area contributed by atoms with Gasteiger partial charge in [-0.3, -0.25) is 4.98 Å². The van der Waals surface area contributed by atoms with Crippen molar-refractivity contribution in [1.82, 2.24) is 9.97 Å². The van der Waals surface area contributed by atoms with E-state index in [9.17, 15) is 0 Å². The number of rotatable bonds is 4. The molecule has 0 fully saturated rings. The van der Waals surface area contributed by atoms with Gasteiger partial charge in [0.2, 0.25) is 5.71 Å². The van der Waals surface area contributed by atoms with Crippen molar-refractivity contribution in [1.29, 1.82) is 0 Å². The van der Waals surface area contributed by atoms with Gasteiger partial charge in [0, 0.05) is 33.7 Å². The largest absolute Gasteiger partial charge is 0.437 e. The minimum atomic E-state index is -2.37. The lowest BCUT2D eigenvalue weighted by Gasteiger charge is -2.01. The Labute approximate surface area is 162 Å². The molecule has 2 aromatic carbocycles. The number of furan rings is 1. The van der Waals surface area contributed by atoms with Crippen molar-refractivity contribution >= 4 is 22.1 Å². The summed E-state index contributed by atoms with van der Waals surface area (Å²) in [4.78, 5) is 8.81. The number of aryl methyl sites for hydroxylation is 2. The van der Waals surface area contributed by atoms with Crippen LogP contribution in [-0.4, -0.2) is 9.97 Å². The Kier molecular flexibility index (Phi) is 2.98. The molecular weight excluding hydrogens is 332 g/mol. The van der Waals surface area contributed by atoms with Crippen molar-refractivity contribution in [2.24, 2.45) is 0 Å². The fraction of sp³-hybridized carbons (Fsp3) is 0.0833. The summed E-state index contributed by atoms with van der Waals surface area (Å²) < 4.78 is 40.2.